The highest BCUT2D eigenvalue weighted by molar-refractivity contribution is 9.10. The van der Waals surface area contributed by atoms with E-state index in [9.17, 15) is 4.79 Å². The van der Waals surface area contributed by atoms with Crippen molar-refractivity contribution in [3.8, 4) is 11.4 Å². The first-order valence-corrected chi connectivity index (χ1v) is 4.75. The van der Waals surface area contributed by atoms with Crippen molar-refractivity contribution in [1.82, 2.24) is 14.8 Å². The van der Waals surface area contributed by atoms with Crippen LogP contribution in [0.2, 0.25) is 0 Å². The number of hydrogen-bond acceptors (Lipinski definition) is 4. The molecule has 0 saturated heterocycles. The van der Waals surface area contributed by atoms with E-state index in [2.05, 4.69) is 26.0 Å². The van der Waals surface area contributed by atoms with Crippen LogP contribution in [0.4, 0.5) is 0 Å². The molecule has 0 aliphatic heterocycles. The van der Waals surface area contributed by atoms with Gasteiger partial charge in [-0.1, -0.05) is 0 Å². The number of furan rings is 1. The standard InChI is InChI=1S/C8H6BrN3O3/c1-12-7(10-3-11-12)4-2-15-6(5(4)9)8(13)14/h2-3H,1H3,(H,13,14). The fourth-order valence-corrected chi connectivity index (χ4v) is 1.71. The molecule has 0 bridgehead atoms. The zero-order valence-electron chi connectivity index (χ0n) is 7.64. The summed E-state index contributed by atoms with van der Waals surface area (Å²) in [6.45, 7) is 0. The Morgan fingerprint density at radius 1 is 1.67 bits per heavy atom. The van der Waals surface area contributed by atoms with E-state index >= 15 is 0 Å². The van der Waals surface area contributed by atoms with Gasteiger partial charge in [0.25, 0.3) is 0 Å². The summed E-state index contributed by atoms with van der Waals surface area (Å²) in [6, 6.07) is 0. The minimum atomic E-state index is -1.13. The van der Waals surface area contributed by atoms with Crippen molar-refractivity contribution < 1.29 is 14.3 Å². The molecule has 7 heteroatoms. The van der Waals surface area contributed by atoms with Crippen molar-refractivity contribution in [2.45, 2.75) is 0 Å². The normalized spacial score (nSPS) is 10.5. The zero-order valence-corrected chi connectivity index (χ0v) is 9.22. The fourth-order valence-electron chi connectivity index (χ4n) is 1.18. The summed E-state index contributed by atoms with van der Waals surface area (Å²) in [5.41, 5.74) is 0.562. The van der Waals surface area contributed by atoms with Crippen molar-refractivity contribution in [3.05, 3.63) is 22.8 Å². The van der Waals surface area contributed by atoms with Gasteiger partial charge in [0, 0.05) is 7.05 Å². The van der Waals surface area contributed by atoms with Gasteiger partial charge in [0.15, 0.2) is 5.82 Å². The lowest BCUT2D eigenvalue weighted by Crippen LogP contribution is -1.96. The predicted octanol–water partition coefficient (Wildman–Crippen LogP) is 1.54. The summed E-state index contributed by atoms with van der Waals surface area (Å²) in [5.74, 6) is -0.735. The number of rotatable bonds is 2. The lowest BCUT2D eigenvalue weighted by Gasteiger charge is -1.95. The van der Waals surface area contributed by atoms with Crippen molar-refractivity contribution in [2.24, 2.45) is 7.05 Å². The van der Waals surface area contributed by atoms with Gasteiger partial charge < -0.3 is 9.52 Å². The van der Waals surface area contributed by atoms with Gasteiger partial charge in [0.2, 0.25) is 5.76 Å². The maximum Gasteiger partial charge on any atom is 0.373 e. The molecule has 6 nitrogen and oxygen atoms in total. The third-order valence-corrected chi connectivity index (χ3v) is 2.66. The number of carboxylic acids is 1. The molecule has 0 unspecified atom stereocenters. The number of aromatic carboxylic acids is 1. The molecule has 0 saturated carbocycles. The van der Waals surface area contributed by atoms with Gasteiger partial charge in [-0.25, -0.2) is 14.5 Å². The summed E-state index contributed by atoms with van der Waals surface area (Å²) in [7, 11) is 1.71. The highest BCUT2D eigenvalue weighted by Gasteiger charge is 2.20. The Hall–Kier alpha value is -1.63. The maximum atomic E-state index is 10.7. The van der Waals surface area contributed by atoms with Crippen LogP contribution in [0.1, 0.15) is 10.6 Å². The summed E-state index contributed by atoms with van der Waals surface area (Å²) in [5, 5.41) is 12.7. The molecule has 0 fully saturated rings. The Balaban J connectivity index is 2.56. The minimum Gasteiger partial charge on any atom is -0.475 e. The number of carbonyl (C=O) groups is 1. The Bertz CT molecular complexity index is 517. The van der Waals surface area contributed by atoms with E-state index in [0.29, 0.717) is 15.9 Å². The average Bonchev–Trinajstić information content (AvgIpc) is 2.71. The quantitative estimate of drug-likeness (QED) is 0.896. The molecule has 0 aliphatic carbocycles. The molecular weight excluding hydrogens is 266 g/mol. The first-order valence-electron chi connectivity index (χ1n) is 3.96. The second kappa shape index (κ2) is 3.50. The third kappa shape index (κ3) is 1.54. The molecule has 0 atom stereocenters. The van der Waals surface area contributed by atoms with Gasteiger partial charge in [-0.2, -0.15) is 5.10 Å². The van der Waals surface area contributed by atoms with Gasteiger partial charge in [0.1, 0.15) is 12.6 Å². The second-order valence-electron chi connectivity index (χ2n) is 2.80. The van der Waals surface area contributed by atoms with Crippen molar-refractivity contribution in [1.29, 1.82) is 0 Å². The summed E-state index contributed by atoms with van der Waals surface area (Å²) in [6.07, 6.45) is 2.72. The van der Waals surface area contributed by atoms with Crippen molar-refractivity contribution in [3.63, 3.8) is 0 Å². The molecule has 2 aromatic heterocycles. The molecule has 0 aliphatic rings. The first kappa shape index (κ1) is 9.91. The lowest BCUT2D eigenvalue weighted by molar-refractivity contribution is 0.0661. The molecule has 0 radical (unpaired) electrons. The van der Waals surface area contributed by atoms with Crippen LogP contribution in [-0.2, 0) is 7.05 Å². The van der Waals surface area contributed by atoms with E-state index in [1.54, 1.807) is 7.05 Å². The van der Waals surface area contributed by atoms with Gasteiger partial charge >= 0.3 is 5.97 Å². The fraction of sp³-hybridized carbons (Fsp3) is 0.125. The van der Waals surface area contributed by atoms with Crippen LogP contribution in [0.25, 0.3) is 11.4 Å². The van der Waals surface area contributed by atoms with E-state index < -0.39 is 5.97 Å². The summed E-state index contributed by atoms with van der Waals surface area (Å²) >= 11 is 3.15. The molecule has 2 aromatic rings. The highest BCUT2D eigenvalue weighted by Crippen LogP contribution is 2.31. The summed E-state index contributed by atoms with van der Waals surface area (Å²) < 4.78 is 6.80. The van der Waals surface area contributed by atoms with Crippen molar-refractivity contribution in [2.75, 3.05) is 0 Å². The molecule has 2 heterocycles. The third-order valence-electron chi connectivity index (χ3n) is 1.88. The number of aromatic nitrogens is 3. The van der Waals surface area contributed by atoms with Crippen molar-refractivity contribution >= 4 is 21.9 Å². The molecular formula is C8H6BrN3O3. The average molecular weight is 272 g/mol. The molecule has 0 spiro atoms. The largest absolute Gasteiger partial charge is 0.475 e. The molecule has 0 aromatic carbocycles. The highest BCUT2D eigenvalue weighted by atomic mass is 79.9. The topological polar surface area (TPSA) is 81.2 Å². The number of aryl methyl sites for hydroxylation is 1. The molecule has 2 rings (SSSR count). The SMILES string of the molecule is Cn1ncnc1-c1coc(C(=O)O)c1Br. The number of nitrogens with zero attached hydrogens (tertiary/aromatic N) is 3. The van der Waals surface area contributed by atoms with E-state index in [1.807, 2.05) is 0 Å². The number of hydrogen-bond donors (Lipinski definition) is 1. The monoisotopic (exact) mass is 271 g/mol. The maximum absolute atomic E-state index is 10.7. The molecule has 78 valence electrons. The molecule has 0 amide bonds. The van der Waals surface area contributed by atoms with E-state index in [0.717, 1.165) is 0 Å². The van der Waals surface area contributed by atoms with Gasteiger partial charge in [-0.3, -0.25) is 0 Å². The Labute approximate surface area is 92.7 Å². The van der Waals surface area contributed by atoms with Crippen LogP contribution in [0.5, 0.6) is 0 Å². The van der Waals surface area contributed by atoms with Gasteiger partial charge in [-0.05, 0) is 15.9 Å². The van der Waals surface area contributed by atoms with Crippen LogP contribution >= 0.6 is 15.9 Å². The van der Waals surface area contributed by atoms with Gasteiger partial charge in [0.05, 0.1) is 10.0 Å². The molecule has 1 N–H and O–H groups in total. The Morgan fingerprint density at radius 2 is 2.40 bits per heavy atom. The van der Waals surface area contributed by atoms with Crippen LogP contribution < -0.4 is 0 Å². The first-order chi connectivity index (χ1) is 7.11. The zero-order chi connectivity index (χ0) is 11.0. The van der Waals surface area contributed by atoms with Crippen LogP contribution in [0.15, 0.2) is 21.5 Å². The van der Waals surface area contributed by atoms with Gasteiger partial charge in [-0.15, -0.1) is 0 Å². The van der Waals surface area contributed by atoms with E-state index in [4.69, 9.17) is 9.52 Å². The smallest absolute Gasteiger partial charge is 0.373 e. The lowest BCUT2D eigenvalue weighted by atomic mass is 10.3. The minimum absolute atomic E-state index is 0.145. The summed E-state index contributed by atoms with van der Waals surface area (Å²) in [4.78, 5) is 14.7. The predicted molar refractivity (Wildman–Crippen MR) is 53.4 cm³/mol. The second-order valence-corrected chi connectivity index (χ2v) is 3.60. The van der Waals surface area contributed by atoms with Crippen LogP contribution in [0.3, 0.4) is 0 Å². The van der Waals surface area contributed by atoms with Crippen LogP contribution in [0, 0.1) is 0 Å². The van der Waals surface area contributed by atoms with E-state index in [-0.39, 0.29) is 5.76 Å². The number of carboxylic acid groups (broad SMARTS) is 1. The molecule has 15 heavy (non-hydrogen) atoms. The Morgan fingerprint density at radius 3 is 2.87 bits per heavy atom. The number of halogens is 1. The van der Waals surface area contributed by atoms with E-state index in [1.165, 1.54) is 17.3 Å². The van der Waals surface area contributed by atoms with Crippen LogP contribution in [-0.4, -0.2) is 25.8 Å². The Kier molecular flexibility index (Phi) is 2.31.